The second-order valence-electron chi connectivity index (χ2n) is 5.22. The van der Waals surface area contributed by atoms with Crippen LogP contribution in [-0.4, -0.2) is 20.2 Å². The van der Waals surface area contributed by atoms with E-state index in [1.165, 1.54) is 31.2 Å². The van der Waals surface area contributed by atoms with Crippen molar-refractivity contribution in [1.29, 1.82) is 0 Å². The van der Waals surface area contributed by atoms with Gasteiger partial charge in [0, 0.05) is 17.1 Å². The normalized spacial score (nSPS) is 16.4. The van der Waals surface area contributed by atoms with Gasteiger partial charge in [0.15, 0.2) is 0 Å². The molecule has 3 N–H and O–H groups in total. The molecule has 1 fully saturated rings. The molecule has 1 unspecified atom stereocenters. The van der Waals surface area contributed by atoms with E-state index in [9.17, 15) is 0 Å². The quantitative estimate of drug-likeness (QED) is 0.721. The number of rotatable bonds is 8. The van der Waals surface area contributed by atoms with Crippen LogP contribution < -0.4 is 15.8 Å². The Kier molecular flexibility index (Phi) is 5.67. The number of ether oxygens (including phenoxy) is 1. The fourth-order valence-corrected chi connectivity index (χ4v) is 2.83. The average molecular weight is 327 g/mol. The van der Waals surface area contributed by atoms with E-state index in [2.05, 4.69) is 27.3 Å². The molecule has 1 atom stereocenters. The second-order valence-corrected chi connectivity index (χ2v) is 6.07. The number of halogens is 1. The highest BCUT2D eigenvalue weighted by Crippen LogP contribution is 2.33. The van der Waals surface area contributed by atoms with Gasteiger partial charge in [0.05, 0.1) is 7.11 Å². The molecular weight excluding hydrogens is 304 g/mol. The lowest BCUT2D eigenvalue weighted by molar-refractivity contribution is 0.412. The first-order valence-electron chi connectivity index (χ1n) is 7.01. The van der Waals surface area contributed by atoms with Gasteiger partial charge in [0.2, 0.25) is 0 Å². The topological polar surface area (TPSA) is 47.3 Å². The van der Waals surface area contributed by atoms with Gasteiger partial charge >= 0.3 is 0 Å². The predicted octanol–water partition coefficient (Wildman–Crippen LogP) is 3.24. The van der Waals surface area contributed by atoms with Crippen molar-refractivity contribution in [2.45, 2.75) is 31.7 Å². The summed E-state index contributed by atoms with van der Waals surface area (Å²) in [6.45, 7) is 1.62. The van der Waals surface area contributed by atoms with Gasteiger partial charge in [0.1, 0.15) is 5.75 Å². The van der Waals surface area contributed by atoms with Crippen LogP contribution in [0, 0.1) is 5.92 Å². The summed E-state index contributed by atoms with van der Waals surface area (Å²) in [5, 5.41) is 3.55. The van der Waals surface area contributed by atoms with E-state index in [0.29, 0.717) is 6.54 Å². The Labute approximate surface area is 124 Å². The number of hydrogen-bond acceptors (Lipinski definition) is 3. The minimum atomic E-state index is 0.184. The fourth-order valence-electron chi connectivity index (χ4n) is 2.31. The van der Waals surface area contributed by atoms with Crippen LogP contribution in [-0.2, 0) is 0 Å². The SMILES string of the molecule is COc1ccc(Br)c(C(CN)NCCCC2CC2)c1. The highest BCUT2D eigenvalue weighted by Gasteiger charge is 2.20. The van der Waals surface area contributed by atoms with Gasteiger partial charge in [-0.2, -0.15) is 0 Å². The van der Waals surface area contributed by atoms with E-state index >= 15 is 0 Å². The summed E-state index contributed by atoms with van der Waals surface area (Å²) in [6.07, 6.45) is 5.45. The van der Waals surface area contributed by atoms with Crippen LogP contribution in [0.1, 0.15) is 37.3 Å². The first kappa shape index (κ1) is 14.8. The van der Waals surface area contributed by atoms with Gasteiger partial charge in [-0.1, -0.05) is 28.8 Å². The monoisotopic (exact) mass is 326 g/mol. The molecule has 3 nitrogen and oxygen atoms in total. The van der Waals surface area contributed by atoms with Gasteiger partial charge in [0.25, 0.3) is 0 Å². The zero-order chi connectivity index (χ0) is 13.7. The van der Waals surface area contributed by atoms with Gasteiger partial charge in [-0.25, -0.2) is 0 Å². The van der Waals surface area contributed by atoms with E-state index < -0.39 is 0 Å². The molecule has 0 aliphatic heterocycles. The summed E-state index contributed by atoms with van der Waals surface area (Å²) in [5.41, 5.74) is 7.07. The number of nitrogens with two attached hydrogens (primary N) is 1. The molecule has 0 amide bonds. The molecule has 19 heavy (non-hydrogen) atoms. The average Bonchev–Trinajstić information content (AvgIpc) is 3.24. The van der Waals surface area contributed by atoms with Gasteiger partial charge in [-0.05, 0) is 49.1 Å². The van der Waals surface area contributed by atoms with Crippen LogP contribution in [0.4, 0.5) is 0 Å². The van der Waals surface area contributed by atoms with Crippen molar-refractivity contribution in [3.8, 4) is 5.75 Å². The van der Waals surface area contributed by atoms with Crippen molar-refractivity contribution in [3.63, 3.8) is 0 Å². The number of nitrogens with one attached hydrogen (secondary N) is 1. The van der Waals surface area contributed by atoms with E-state index in [1.54, 1.807) is 7.11 Å². The molecule has 0 saturated heterocycles. The third-order valence-electron chi connectivity index (χ3n) is 3.69. The first-order valence-corrected chi connectivity index (χ1v) is 7.80. The van der Waals surface area contributed by atoms with Crippen LogP contribution in [0.5, 0.6) is 5.75 Å². The summed E-state index contributed by atoms with van der Waals surface area (Å²) in [7, 11) is 1.69. The maximum atomic E-state index is 5.90. The molecule has 0 heterocycles. The van der Waals surface area contributed by atoms with E-state index in [4.69, 9.17) is 10.5 Å². The van der Waals surface area contributed by atoms with Crippen LogP contribution >= 0.6 is 15.9 Å². The third kappa shape index (κ3) is 4.48. The summed E-state index contributed by atoms with van der Waals surface area (Å²) in [6, 6.07) is 6.20. The molecule has 4 heteroatoms. The molecule has 1 aromatic rings. The zero-order valence-electron chi connectivity index (χ0n) is 11.5. The summed E-state index contributed by atoms with van der Waals surface area (Å²) < 4.78 is 6.36. The van der Waals surface area contributed by atoms with E-state index in [0.717, 1.165) is 22.7 Å². The molecule has 2 rings (SSSR count). The van der Waals surface area contributed by atoms with Crippen molar-refractivity contribution < 1.29 is 4.74 Å². The Morgan fingerprint density at radius 3 is 2.89 bits per heavy atom. The van der Waals surface area contributed by atoms with Gasteiger partial charge < -0.3 is 15.8 Å². The Morgan fingerprint density at radius 1 is 1.47 bits per heavy atom. The van der Waals surface area contributed by atoms with E-state index in [-0.39, 0.29) is 6.04 Å². The lowest BCUT2D eigenvalue weighted by Gasteiger charge is -2.19. The predicted molar refractivity (Wildman–Crippen MR) is 82.5 cm³/mol. The van der Waals surface area contributed by atoms with Crippen LogP contribution in [0.2, 0.25) is 0 Å². The van der Waals surface area contributed by atoms with Gasteiger partial charge in [-0.3, -0.25) is 0 Å². The van der Waals surface area contributed by atoms with E-state index in [1.807, 2.05) is 12.1 Å². The van der Waals surface area contributed by atoms with Crippen LogP contribution in [0.15, 0.2) is 22.7 Å². The largest absolute Gasteiger partial charge is 0.497 e. The molecule has 0 spiro atoms. The minimum absolute atomic E-state index is 0.184. The summed E-state index contributed by atoms with van der Waals surface area (Å²) in [5.74, 6) is 1.87. The maximum Gasteiger partial charge on any atom is 0.119 e. The van der Waals surface area contributed by atoms with Crippen molar-refractivity contribution in [1.82, 2.24) is 5.32 Å². The first-order chi connectivity index (χ1) is 9.24. The Balaban J connectivity index is 1.90. The van der Waals surface area contributed by atoms with Crippen molar-refractivity contribution in [3.05, 3.63) is 28.2 Å². The standard InChI is InChI=1S/C15H23BrN2O/c1-19-12-6-7-14(16)13(9-12)15(10-17)18-8-2-3-11-4-5-11/h6-7,9,11,15,18H,2-5,8,10,17H2,1H3. The van der Waals surface area contributed by atoms with Crippen molar-refractivity contribution >= 4 is 15.9 Å². The molecule has 0 aromatic heterocycles. The van der Waals surface area contributed by atoms with Gasteiger partial charge in [-0.15, -0.1) is 0 Å². The lowest BCUT2D eigenvalue weighted by Crippen LogP contribution is -2.29. The molecule has 0 radical (unpaired) electrons. The van der Waals surface area contributed by atoms with Crippen molar-refractivity contribution in [2.75, 3.05) is 20.2 Å². The smallest absolute Gasteiger partial charge is 0.119 e. The second kappa shape index (κ2) is 7.27. The Morgan fingerprint density at radius 2 is 2.26 bits per heavy atom. The molecule has 1 aliphatic rings. The maximum absolute atomic E-state index is 5.90. The summed E-state index contributed by atoms with van der Waals surface area (Å²) in [4.78, 5) is 0. The van der Waals surface area contributed by atoms with Crippen molar-refractivity contribution in [2.24, 2.45) is 11.7 Å². The molecule has 106 valence electrons. The minimum Gasteiger partial charge on any atom is -0.497 e. The lowest BCUT2D eigenvalue weighted by atomic mass is 10.1. The molecule has 1 aliphatic carbocycles. The Hall–Kier alpha value is -0.580. The fraction of sp³-hybridized carbons (Fsp3) is 0.600. The molecular formula is C15H23BrN2O. The highest BCUT2D eigenvalue weighted by atomic mass is 79.9. The summed E-state index contributed by atoms with van der Waals surface area (Å²) >= 11 is 3.59. The number of benzene rings is 1. The molecule has 1 aromatic carbocycles. The van der Waals surface area contributed by atoms with Crippen LogP contribution in [0.25, 0.3) is 0 Å². The van der Waals surface area contributed by atoms with Crippen LogP contribution in [0.3, 0.4) is 0 Å². The molecule has 1 saturated carbocycles. The number of methoxy groups -OCH3 is 1. The highest BCUT2D eigenvalue weighted by molar-refractivity contribution is 9.10. The zero-order valence-corrected chi connectivity index (χ0v) is 13.1. The number of hydrogen-bond donors (Lipinski definition) is 2. The third-order valence-corrected chi connectivity index (χ3v) is 4.41. The Bertz CT molecular complexity index is 407. The molecule has 0 bridgehead atoms.